The Morgan fingerprint density at radius 2 is 2.14 bits per heavy atom. The summed E-state index contributed by atoms with van der Waals surface area (Å²) >= 11 is 10.8. The Morgan fingerprint density at radius 3 is 2.93 bits per heavy atom. The lowest BCUT2D eigenvalue weighted by Crippen LogP contribution is -2.32. The molecular weight excluding hydrogens is 441 g/mol. The number of fused-ring (bicyclic) bond motifs is 1. The van der Waals surface area contributed by atoms with Gasteiger partial charge in [0.05, 0.1) is 16.5 Å². The summed E-state index contributed by atoms with van der Waals surface area (Å²) in [5.74, 6) is 1.63. The molecule has 1 amide bonds. The van der Waals surface area contributed by atoms with E-state index in [-0.39, 0.29) is 16.7 Å². The number of rotatable bonds is 5. The number of benzene rings is 1. The van der Waals surface area contributed by atoms with Gasteiger partial charge in [0.1, 0.15) is 21.9 Å². The minimum Gasteiger partial charge on any atom is -0.346 e. The molecule has 0 spiro atoms. The average Bonchev–Trinajstić information content (AvgIpc) is 3.14. The van der Waals surface area contributed by atoms with Crippen molar-refractivity contribution in [1.29, 1.82) is 0 Å². The quantitative estimate of drug-likeness (QED) is 0.457. The monoisotopic (exact) mass is 455 g/mol. The summed E-state index contributed by atoms with van der Waals surface area (Å²) in [5, 5.41) is 4.52. The summed E-state index contributed by atoms with van der Waals surface area (Å²) in [6, 6.07) is 3.85. The van der Waals surface area contributed by atoms with E-state index in [4.69, 9.17) is 11.6 Å². The molecule has 28 heavy (non-hydrogen) atoms. The molecule has 1 saturated heterocycles. The number of halogens is 2. The van der Waals surface area contributed by atoms with Crippen molar-refractivity contribution in [2.75, 3.05) is 40.6 Å². The van der Waals surface area contributed by atoms with Crippen molar-refractivity contribution in [3.05, 3.63) is 35.4 Å². The van der Waals surface area contributed by atoms with Crippen molar-refractivity contribution >= 4 is 73.5 Å². The summed E-state index contributed by atoms with van der Waals surface area (Å²) < 4.78 is 14.0. The second-order valence-electron chi connectivity index (χ2n) is 5.89. The van der Waals surface area contributed by atoms with Crippen LogP contribution in [0.15, 0.2) is 29.6 Å². The lowest BCUT2D eigenvalue weighted by molar-refractivity contribution is -0.113. The third-order valence-electron chi connectivity index (χ3n) is 3.97. The van der Waals surface area contributed by atoms with Crippen LogP contribution in [0.1, 0.15) is 0 Å². The normalized spacial score (nSPS) is 14.4. The van der Waals surface area contributed by atoms with Crippen LogP contribution in [-0.2, 0) is 4.79 Å². The Bertz CT molecular complexity index is 1010. The van der Waals surface area contributed by atoms with Gasteiger partial charge in [-0.3, -0.25) is 4.79 Å². The Hall–Kier alpha value is -1.62. The Kier molecular flexibility index (Phi) is 6.19. The number of thioether (sulfide) groups is 2. The standard InChI is InChI=1S/C17H15ClFN5OS3/c18-11-7-10(19)1-2-12(11)22-13(25)8-27-16-14-15(20-9-21-16)23-17(28-14)24-3-5-26-6-4-24/h1-2,7,9H,3-6,8H2,(H,22,25). The number of aromatic nitrogens is 3. The largest absolute Gasteiger partial charge is 0.346 e. The number of nitrogens with one attached hydrogen (secondary N) is 1. The summed E-state index contributed by atoms with van der Waals surface area (Å²) in [4.78, 5) is 27.7. The number of carbonyl (C=O) groups is 1. The van der Waals surface area contributed by atoms with Gasteiger partial charge in [0.2, 0.25) is 5.91 Å². The van der Waals surface area contributed by atoms with E-state index in [1.54, 1.807) is 11.3 Å². The predicted octanol–water partition coefficient (Wildman–Crippen LogP) is 4.16. The highest BCUT2D eigenvalue weighted by molar-refractivity contribution is 8.00. The predicted molar refractivity (Wildman–Crippen MR) is 116 cm³/mol. The zero-order valence-corrected chi connectivity index (χ0v) is 17.7. The molecule has 0 aliphatic carbocycles. The lowest BCUT2D eigenvalue weighted by atomic mass is 10.3. The molecule has 0 atom stereocenters. The van der Waals surface area contributed by atoms with Gasteiger partial charge in [-0.2, -0.15) is 16.7 Å². The number of nitrogens with zero attached hydrogens (tertiary/aromatic N) is 4. The molecule has 3 aromatic rings. The SMILES string of the molecule is O=C(CSc1ncnc2nc(N3CCSCC3)sc12)Nc1ccc(F)cc1Cl. The minimum atomic E-state index is -0.450. The molecule has 2 aromatic heterocycles. The number of hydrogen-bond donors (Lipinski definition) is 1. The number of amides is 1. The molecule has 0 radical (unpaired) electrons. The second kappa shape index (κ2) is 8.81. The number of anilines is 2. The fraction of sp³-hybridized carbons (Fsp3) is 0.294. The number of carbonyl (C=O) groups excluding carboxylic acids is 1. The first kappa shape index (κ1) is 19.7. The van der Waals surface area contributed by atoms with Gasteiger partial charge in [0, 0.05) is 24.6 Å². The van der Waals surface area contributed by atoms with E-state index in [9.17, 15) is 9.18 Å². The first-order valence-electron chi connectivity index (χ1n) is 8.42. The van der Waals surface area contributed by atoms with E-state index in [2.05, 4.69) is 25.2 Å². The van der Waals surface area contributed by atoms with Crippen LogP contribution in [0, 0.1) is 5.82 Å². The molecule has 11 heteroatoms. The van der Waals surface area contributed by atoms with Crippen LogP contribution >= 0.6 is 46.5 Å². The van der Waals surface area contributed by atoms with E-state index in [0.717, 1.165) is 45.5 Å². The van der Waals surface area contributed by atoms with Crippen LogP contribution in [0.4, 0.5) is 15.2 Å². The fourth-order valence-corrected chi connectivity index (χ4v) is 5.69. The molecule has 1 aliphatic rings. The maximum atomic E-state index is 13.1. The maximum absolute atomic E-state index is 13.1. The molecule has 0 unspecified atom stereocenters. The van der Waals surface area contributed by atoms with Gasteiger partial charge in [0.15, 0.2) is 10.8 Å². The maximum Gasteiger partial charge on any atom is 0.234 e. The van der Waals surface area contributed by atoms with Crippen LogP contribution in [-0.4, -0.2) is 51.2 Å². The Morgan fingerprint density at radius 1 is 1.32 bits per heavy atom. The Balaban J connectivity index is 1.45. The van der Waals surface area contributed by atoms with E-state index >= 15 is 0 Å². The van der Waals surface area contributed by atoms with Crippen molar-refractivity contribution in [3.63, 3.8) is 0 Å². The van der Waals surface area contributed by atoms with E-state index < -0.39 is 5.82 Å². The van der Waals surface area contributed by atoms with Crippen molar-refractivity contribution in [2.24, 2.45) is 0 Å². The molecule has 4 rings (SSSR count). The molecule has 146 valence electrons. The molecule has 1 aromatic carbocycles. The van der Waals surface area contributed by atoms with Crippen LogP contribution in [0.25, 0.3) is 10.3 Å². The van der Waals surface area contributed by atoms with Gasteiger partial charge in [0.25, 0.3) is 0 Å². The van der Waals surface area contributed by atoms with Crippen molar-refractivity contribution < 1.29 is 9.18 Å². The van der Waals surface area contributed by atoms with Gasteiger partial charge in [-0.25, -0.2) is 14.4 Å². The van der Waals surface area contributed by atoms with E-state index in [0.29, 0.717) is 11.3 Å². The second-order valence-corrected chi connectivity index (χ2v) is 9.46. The van der Waals surface area contributed by atoms with Gasteiger partial charge >= 0.3 is 0 Å². The fourth-order valence-electron chi connectivity index (χ4n) is 2.63. The summed E-state index contributed by atoms with van der Waals surface area (Å²) in [6.45, 7) is 1.95. The summed E-state index contributed by atoms with van der Waals surface area (Å²) in [7, 11) is 0. The highest BCUT2D eigenvalue weighted by Crippen LogP contribution is 2.34. The highest BCUT2D eigenvalue weighted by Gasteiger charge is 2.18. The van der Waals surface area contributed by atoms with Gasteiger partial charge in [-0.05, 0) is 18.2 Å². The zero-order valence-electron chi connectivity index (χ0n) is 14.5. The third-order valence-corrected chi connectivity index (χ3v) is 7.46. The number of hydrogen-bond acceptors (Lipinski definition) is 8. The molecule has 1 fully saturated rings. The zero-order chi connectivity index (χ0) is 19.5. The van der Waals surface area contributed by atoms with Crippen molar-refractivity contribution in [2.45, 2.75) is 5.03 Å². The number of thiazole rings is 1. The van der Waals surface area contributed by atoms with Gasteiger partial charge in [-0.15, -0.1) is 0 Å². The minimum absolute atomic E-state index is 0.146. The van der Waals surface area contributed by atoms with E-state index in [1.165, 1.54) is 30.2 Å². The highest BCUT2D eigenvalue weighted by atomic mass is 35.5. The average molecular weight is 456 g/mol. The van der Waals surface area contributed by atoms with Crippen LogP contribution in [0.3, 0.4) is 0 Å². The van der Waals surface area contributed by atoms with Crippen LogP contribution in [0.2, 0.25) is 5.02 Å². The summed E-state index contributed by atoms with van der Waals surface area (Å²) in [6.07, 6.45) is 1.47. The molecule has 1 aliphatic heterocycles. The first-order valence-corrected chi connectivity index (χ1v) is 11.8. The Labute approximate surface area is 178 Å². The van der Waals surface area contributed by atoms with Gasteiger partial charge in [-0.1, -0.05) is 34.7 Å². The summed E-state index contributed by atoms with van der Waals surface area (Å²) in [5.41, 5.74) is 1.03. The van der Waals surface area contributed by atoms with Crippen LogP contribution in [0.5, 0.6) is 0 Å². The molecule has 3 heterocycles. The molecule has 0 saturated carbocycles. The lowest BCUT2D eigenvalue weighted by Gasteiger charge is -2.25. The topological polar surface area (TPSA) is 71.0 Å². The smallest absolute Gasteiger partial charge is 0.234 e. The first-order chi connectivity index (χ1) is 13.6. The van der Waals surface area contributed by atoms with Crippen molar-refractivity contribution in [1.82, 2.24) is 15.0 Å². The molecular formula is C17H15ClFN5OS3. The molecule has 0 bridgehead atoms. The third kappa shape index (κ3) is 4.51. The molecule has 1 N–H and O–H groups in total. The van der Waals surface area contributed by atoms with Crippen molar-refractivity contribution in [3.8, 4) is 0 Å². The molecule has 6 nitrogen and oxygen atoms in total. The van der Waals surface area contributed by atoms with Gasteiger partial charge < -0.3 is 10.2 Å². The van der Waals surface area contributed by atoms with Crippen LogP contribution < -0.4 is 10.2 Å². The van der Waals surface area contributed by atoms with E-state index in [1.807, 2.05) is 11.8 Å².